The van der Waals surface area contributed by atoms with E-state index in [1.54, 1.807) is 0 Å². The maximum atomic E-state index is 5.92. The second-order valence-corrected chi connectivity index (χ2v) is 6.49. The molecule has 1 aliphatic heterocycles. The first kappa shape index (κ1) is 12.2. The van der Waals surface area contributed by atoms with Crippen LogP contribution in [-0.2, 0) is 9.31 Å². The summed E-state index contributed by atoms with van der Waals surface area (Å²) in [6, 6.07) is 0. The van der Waals surface area contributed by atoms with Gasteiger partial charge < -0.3 is 9.31 Å². The average molecular weight is 222 g/mol. The zero-order valence-electron chi connectivity index (χ0n) is 11.2. The van der Waals surface area contributed by atoms with E-state index >= 15 is 0 Å². The first-order valence-electron chi connectivity index (χ1n) is 6.29. The average Bonchev–Trinajstić information content (AvgIpc) is 2.29. The Morgan fingerprint density at radius 2 is 1.44 bits per heavy atom. The van der Waals surface area contributed by atoms with E-state index in [1.807, 2.05) is 0 Å². The largest absolute Gasteiger partial charge is 0.486 e. The van der Waals surface area contributed by atoms with Crippen LogP contribution in [0, 0.1) is 5.41 Å². The van der Waals surface area contributed by atoms with Crippen LogP contribution in [0.5, 0.6) is 0 Å². The van der Waals surface area contributed by atoms with Crippen LogP contribution in [0.2, 0.25) is 0 Å². The first-order valence-corrected chi connectivity index (χ1v) is 6.29. The molecule has 1 saturated carbocycles. The lowest BCUT2D eigenvalue weighted by molar-refractivity contribution is 0.00578. The summed E-state index contributed by atoms with van der Waals surface area (Å²) in [6.45, 7) is 10.7. The molecule has 2 aliphatic rings. The lowest BCUT2D eigenvalue weighted by atomic mass is 9.68. The smallest absolute Gasteiger partial charge is 0.400 e. The maximum Gasteiger partial charge on any atom is 0.486 e. The summed E-state index contributed by atoms with van der Waals surface area (Å²) in [4.78, 5) is 0. The van der Waals surface area contributed by atoms with E-state index in [4.69, 9.17) is 9.31 Å². The molecule has 0 aromatic carbocycles. The van der Waals surface area contributed by atoms with Gasteiger partial charge in [0.15, 0.2) is 0 Å². The zero-order valence-corrected chi connectivity index (χ0v) is 11.2. The number of hydrogen-bond acceptors (Lipinski definition) is 2. The molecule has 3 heteroatoms. The number of hydrogen-bond donors (Lipinski definition) is 0. The molecule has 0 unspecified atom stereocenters. The first-order chi connectivity index (χ1) is 7.24. The van der Waals surface area contributed by atoms with Crippen LogP contribution >= 0.6 is 0 Å². The van der Waals surface area contributed by atoms with Gasteiger partial charge in [0.25, 0.3) is 0 Å². The molecule has 1 aliphatic carbocycles. The topological polar surface area (TPSA) is 18.5 Å². The summed E-state index contributed by atoms with van der Waals surface area (Å²) in [5, 5.41) is 0. The summed E-state index contributed by atoms with van der Waals surface area (Å²) >= 11 is 0. The highest BCUT2D eigenvalue weighted by molar-refractivity contribution is 6.51. The fourth-order valence-corrected chi connectivity index (χ4v) is 2.18. The third kappa shape index (κ3) is 2.08. The van der Waals surface area contributed by atoms with Crippen molar-refractivity contribution in [2.24, 2.45) is 5.41 Å². The minimum Gasteiger partial charge on any atom is -0.400 e. The van der Waals surface area contributed by atoms with Gasteiger partial charge in [-0.05, 0) is 46.0 Å². The van der Waals surface area contributed by atoms with E-state index in [0.717, 1.165) is 0 Å². The normalized spacial score (nSPS) is 30.7. The van der Waals surface area contributed by atoms with Crippen LogP contribution in [0.25, 0.3) is 0 Å². The van der Waals surface area contributed by atoms with E-state index in [2.05, 4.69) is 46.7 Å². The van der Waals surface area contributed by atoms with Gasteiger partial charge in [-0.25, -0.2) is 0 Å². The molecule has 0 aromatic rings. The summed E-state index contributed by atoms with van der Waals surface area (Å²) in [7, 11) is -0.178. The monoisotopic (exact) mass is 222 g/mol. The Hall–Kier alpha value is -0.275. The van der Waals surface area contributed by atoms with Crippen LogP contribution in [0.15, 0.2) is 12.1 Å². The van der Waals surface area contributed by atoms with Gasteiger partial charge >= 0.3 is 7.12 Å². The van der Waals surface area contributed by atoms with Gasteiger partial charge in [0.05, 0.1) is 11.2 Å². The predicted octanol–water partition coefficient (Wildman–Crippen LogP) is 3.36. The molecule has 2 nitrogen and oxygen atoms in total. The predicted molar refractivity (Wildman–Crippen MR) is 67.2 cm³/mol. The van der Waals surface area contributed by atoms with E-state index in [0.29, 0.717) is 5.41 Å². The van der Waals surface area contributed by atoms with Gasteiger partial charge in [-0.3, -0.25) is 0 Å². The zero-order chi connectivity index (χ0) is 12.0. The Morgan fingerprint density at radius 3 is 1.81 bits per heavy atom. The molecule has 0 radical (unpaired) electrons. The molecular weight excluding hydrogens is 199 g/mol. The second-order valence-electron chi connectivity index (χ2n) is 6.49. The Labute approximate surface area is 99.5 Å². The van der Waals surface area contributed by atoms with Crippen molar-refractivity contribution in [3.05, 3.63) is 12.1 Å². The molecule has 0 spiro atoms. The van der Waals surface area contributed by atoms with Gasteiger partial charge in [-0.1, -0.05) is 25.4 Å². The van der Waals surface area contributed by atoms with Gasteiger partial charge in [0.1, 0.15) is 0 Å². The molecule has 90 valence electrons. The lowest BCUT2D eigenvalue weighted by Crippen LogP contribution is -2.41. The minimum atomic E-state index is -0.220. The molecule has 2 fully saturated rings. The third-order valence-corrected chi connectivity index (χ3v) is 4.42. The third-order valence-electron chi connectivity index (χ3n) is 4.42. The van der Waals surface area contributed by atoms with Crippen LogP contribution in [-0.4, -0.2) is 18.3 Å². The van der Waals surface area contributed by atoms with Crippen molar-refractivity contribution in [2.45, 2.75) is 65.1 Å². The van der Waals surface area contributed by atoms with Crippen molar-refractivity contribution >= 4 is 7.12 Å². The van der Waals surface area contributed by atoms with E-state index in [1.165, 1.54) is 19.3 Å². The fourth-order valence-electron chi connectivity index (χ4n) is 2.18. The quantitative estimate of drug-likeness (QED) is 0.667. The van der Waals surface area contributed by atoms with Gasteiger partial charge in [0, 0.05) is 0 Å². The minimum absolute atomic E-state index is 0.178. The Morgan fingerprint density at radius 1 is 0.938 bits per heavy atom. The van der Waals surface area contributed by atoms with E-state index in [9.17, 15) is 0 Å². The van der Waals surface area contributed by atoms with Gasteiger partial charge in [0.2, 0.25) is 0 Å². The molecular formula is C13H23BO2. The lowest BCUT2D eigenvalue weighted by Gasteiger charge is -2.35. The highest BCUT2D eigenvalue weighted by Gasteiger charge is 2.50. The van der Waals surface area contributed by atoms with Crippen LogP contribution in [0.1, 0.15) is 53.9 Å². The van der Waals surface area contributed by atoms with Crippen molar-refractivity contribution in [3.8, 4) is 0 Å². The highest BCUT2D eigenvalue weighted by Crippen LogP contribution is 2.42. The Kier molecular flexibility index (Phi) is 2.75. The molecule has 0 atom stereocenters. The summed E-state index contributed by atoms with van der Waals surface area (Å²) < 4.78 is 11.8. The summed E-state index contributed by atoms with van der Waals surface area (Å²) in [5.74, 6) is 2.09. The molecule has 2 rings (SSSR count). The van der Waals surface area contributed by atoms with Crippen molar-refractivity contribution in [1.29, 1.82) is 0 Å². The number of allylic oxidation sites excluding steroid dienone is 1. The molecule has 16 heavy (non-hydrogen) atoms. The molecule has 1 saturated heterocycles. The summed E-state index contributed by atoms with van der Waals surface area (Å²) in [5.41, 5.74) is -0.0470. The van der Waals surface area contributed by atoms with Gasteiger partial charge in [-0.15, -0.1) is 0 Å². The maximum absolute atomic E-state index is 5.92. The number of rotatable bonds is 2. The van der Waals surface area contributed by atoms with Crippen LogP contribution < -0.4 is 0 Å². The van der Waals surface area contributed by atoms with Crippen molar-refractivity contribution in [2.75, 3.05) is 0 Å². The Balaban J connectivity index is 1.99. The summed E-state index contributed by atoms with van der Waals surface area (Å²) in [6.07, 6.45) is 6.22. The van der Waals surface area contributed by atoms with E-state index in [-0.39, 0.29) is 18.3 Å². The molecule has 1 heterocycles. The standard InChI is InChI=1S/C13H23BO2/c1-11(2)12(3,4)16-14(15-11)10-9-13(5)7-6-8-13/h9-10H,6-8H2,1-5H3/b10-9+. The van der Waals surface area contributed by atoms with Crippen molar-refractivity contribution in [3.63, 3.8) is 0 Å². The second kappa shape index (κ2) is 3.61. The molecule has 0 N–H and O–H groups in total. The molecule has 0 aromatic heterocycles. The van der Waals surface area contributed by atoms with E-state index < -0.39 is 0 Å². The Bertz CT molecular complexity index is 287. The van der Waals surface area contributed by atoms with Crippen molar-refractivity contribution < 1.29 is 9.31 Å². The van der Waals surface area contributed by atoms with Crippen LogP contribution in [0.3, 0.4) is 0 Å². The fraction of sp³-hybridized carbons (Fsp3) is 0.846. The SMILES string of the molecule is CC1(/C=C/B2OC(C)(C)C(C)(C)O2)CCC1. The molecule has 0 bridgehead atoms. The van der Waals surface area contributed by atoms with Gasteiger partial charge in [-0.2, -0.15) is 0 Å². The van der Waals surface area contributed by atoms with Crippen LogP contribution in [0.4, 0.5) is 0 Å². The van der Waals surface area contributed by atoms with Crippen molar-refractivity contribution in [1.82, 2.24) is 0 Å². The molecule has 0 amide bonds. The highest BCUT2D eigenvalue weighted by atomic mass is 16.7.